The van der Waals surface area contributed by atoms with Gasteiger partial charge in [0.1, 0.15) is 0 Å². The molecule has 0 saturated carbocycles. The molecule has 0 saturated heterocycles. The van der Waals surface area contributed by atoms with E-state index < -0.39 is 0 Å². The van der Waals surface area contributed by atoms with Gasteiger partial charge in [0, 0.05) is 5.69 Å². The van der Waals surface area contributed by atoms with Gasteiger partial charge in [-0.1, -0.05) is 49.2 Å². The molecule has 1 aliphatic carbocycles. The van der Waals surface area contributed by atoms with Gasteiger partial charge in [0.05, 0.1) is 6.04 Å². The highest BCUT2D eigenvalue weighted by atomic mass is 14.9. The van der Waals surface area contributed by atoms with E-state index in [4.69, 9.17) is 0 Å². The van der Waals surface area contributed by atoms with E-state index in [0.29, 0.717) is 6.04 Å². The number of hydrogen-bond donors (Lipinski definition) is 1. The van der Waals surface area contributed by atoms with Crippen LogP contribution in [-0.2, 0) is 12.8 Å². The largest absolute Gasteiger partial charge is 0.378 e. The van der Waals surface area contributed by atoms with E-state index in [0.717, 1.165) is 0 Å². The highest BCUT2D eigenvalue weighted by molar-refractivity contribution is 5.49. The average molecular weight is 265 g/mol. The normalized spacial score (nSPS) is 17.0. The Hall–Kier alpha value is -1.76. The molecule has 2 aromatic carbocycles. The number of nitrogens with one attached hydrogen (secondary N) is 1. The highest BCUT2D eigenvalue weighted by Crippen LogP contribution is 2.34. The van der Waals surface area contributed by atoms with Gasteiger partial charge in [-0.2, -0.15) is 0 Å². The maximum atomic E-state index is 3.69. The van der Waals surface area contributed by atoms with E-state index in [1.54, 1.807) is 0 Å². The zero-order chi connectivity index (χ0) is 13.9. The van der Waals surface area contributed by atoms with Crippen molar-refractivity contribution in [3.8, 4) is 0 Å². The third kappa shape index (κ3) is 2.72. The van der Waals surface area contributed by atoms with Crippen molar-refractivity contribution in [1.29, 1.82) is 0 Å². The fourth-order valence-electron chi connectivity index (χ4n) is 3.13. The number of benzene rings is 2. The number of anilines is 1. The molecular weight excluding hydrogens is 242 g/mol. The van der Waals surface area contributed by atoms with E-state index >= 15 is 0 Å². The van der Waals surface area contributed by atoms with Gasteiger partial charge in [0.25, 0.3) is 0 Å². The average Bonchev–Trinajstić information content (AvgIpc) is 2.84. The lowest BCUT2D eigenvalue weighted by Gasteiger charge is -2.16. The van der Waals surface area contributed by atoms with Crippen LogP contribution in [0.2, 0.25) is 0 Å². The summed E-state index contributed by atoms with van der Waals surface area (Å²) in [6, 6.07) is 16.3. The summed E-state index contributed by atoms with van der Waals surface area (Å²) in [6.07, 6.45) is 4.78. The number of aryl methyl sites for hydroxylation is 3. The maximum absolute atomic E-state index is 3.69. The Bertz CT molecular complexity index is 583. The predicted molar refractivity (Wildman–Crippen MR) is 86.3 cm³/mol. The summed E-state index contributed by atoms with van der Waals surface area (Å²) >= 11 is 0. The minimum absolute atomic E-state index is 0.474. The van der Waals surface area contributed by atoms with Gasteiger partial charge in [0.15, 0.2) is 0 Å². The van der Waals surface area contributed by atoms with Crippen molar-refractivity contribution in [1.82, 2.24) is 0 Å². The zero-order valence-electron chi connectivity index (χ0n) is 12.4. The van der Waals surface area contributed by atoms with Crippen molar-refractivity contribution in [2.24, 2.45) is 0 Å². The molecule has 0 aromatic heterocycles. The first-order chi connectivity index (χ1) is 9.76. The molecule has 0 bridgehead atoms. The second-order valence-corrected chi connectivity index (χ2v) is 5.88. The van der Waals surface area contributed by atoms with E-state index in [9.17, 15) is 0 Å². The summed E-state index contributed by atoms with van der Waals surface area (Å²) in [6.45, 7) is 4.40. The van der Waals surface area contributed by atoms with Crippen LogP contribution in [-0.4, -0.2) is 0 Å². The van der Waals surface area contributed by atoms with Crippen molar-refractivity contribution in [3.05, 3.63) is 64.7 Å². The quantitative estimate of drug-likeness (QED) is 0.816. The van der Waals surface area contributed by atoms with Gasteiger partial charge in [-0.3, -0.25) is 0 Å². The summed E-state index contributed by atoms with van der Waals surface area (Å²) < 4.78 is 0. The Kier molecular flexibility index (Phi) is 3.77. The summed E-state index contributed by atoms with van der Waals surface area (Å²) in [4.78, 5) is 0. The van der Waals surface area contributed by atoms with Crippen molar-refractivity contribution >= 4 is 5.69 Å². The monoisotopic (exact) mass is 265 g/mol. The van der Waals surface area contributed by atoms with Gasteiger partial charge in [0.2, 0.25) is 0 Å². The van der Waals surface area contributed by atoms with Crippen LogP contribution in [0.4, 0.5) is 5.69 Å². The molecule has 1 nitrogen and oxygen atoms in total. The van der Waals surface area contributed by atoms with Crippen LogP contribution in [0.25, 0.3) is 0 Å². The summed E-state index contributed by atoms with van der Waals surface area (Å²) in [5.74, 6) is 0. The lowest BCUT2D eigenvalue weighted by atomic mass is 10.0. The third-order valence-electron chi connectivity index (χ3n) is 4.21. The molecular formula is C19H23N. The van der Waals surface area contributed by atoms with Crippen LogP contribution < -0.4 is 5.32 Å². The second kappa shape index (κ2) is 5.70. The van der Waals surface area contributed by atoms with Crippen molar-refractivity contribution in [2.75, 3.05) is 5.32 Å². The second-order valence-electron chi connectivity index (χ2n) is 5.88. The number of rotatable bonds is 4. The van der Waals surface area contributed by atoms with Gasteiger partial charge < -0.3 is 5.32 Å². The van der Waals surface area contributed by atoms with Crippen molar-refractivity contribution < 1.29 is 0 Å². The number of hydrogen-bond acceptors (Lipinski definition) is 1. The highest BCUT2D eigenvalue weighted by Gasteiger charge is 2.21. The van der Waals surface area contributed by atoms with Gasteiger partial charge in [-0.15, -0.1) is 0 Å². The minimum atomic E-state index is 0.474. The van der Waals surface area contributed by atoms with Crippen molar-refractivity contribution in [3.63, 3.8) is 0 Å². The van der Waals surface area contributed by atoms with Gasteiger partial charge >= 0.3 is 0 Å². The molecule has 1 aliphatic rings. The Morgan fingerprint density at radius 2 is 1.90 bits per heavy atom. The van der Waals surface area contributed by atoms with Crippen LogP contribution in [0.3, 0.4) is 0 Å². The molecule has 0 heterocycles. The molecule has 1 heteroatoms. The summed E-state index contributed by atoms with van der Waals surface area (Å²) in [5.41, 5.74) is 7.03. The van der Waals surface area contributed by atoms with E-state index in [-0.39, 0.29) is 0 Å². The summed E-state index contributed by atoms with van der Waals surface area (Å²) in [5, 5.41) is 3.69. The first-order valence-electron chi connectivity index (χ1n) is 7.71. The molecule has 3 rings (SSSR count). The zero-order valence-corrected chi connectivity index (χ0v) is 12.4. The molecule has 0 amide bonds. The Labute approximate surface area is 122 Å². The molecule has 1 N–H and O–H groups in total. The minimum Gasteiger partial charge on any atom is -0.378 e. The lowest BCUT2D eigenvalue weighted by Crippen LogP contribution is -2.07. The molecule has 20 heavy (non-hydrogen) atoms. The predicted octanol–water partition coefficient (Wildman–Crippen LogP) is 5.05. The first-order valence-corrected chi connectivity index (χ1v) is 7.71. The smallest absolute Gasteiger partial charge is 0.0519 e. The number of fused-ring (bicyclic) bond motifs is 1. The first kappa shape index (κ1) is 13.2. The van der Waals surface area contributed by atoms with Crippen LogP contribution in [0.15, 0.2) is 42.5 Å². The molecule has 1 unspecified atom stereocenters. The van der Waals surface area contributed by atoms with Crippen molar-refractivity contribution in [2.45, 2.75) is 45.6 Å². The topological polar surface area (TPSA) is 12.0 Å². The SMILES string of the molecule is CCCc1ccc(NC2CCc3ccc(C)cc32)cc1. The molecule has 1 atom stereocenters. The van der Waals surface area contributed by atoms with Gasteiger partial charge in [-0.25, -0.2) is 0 Å². The molecule has 2 aromatic rings. The fraction of sp³-hybridized carbons (Fsp3) is 0.368. The molecule has 0 radical (unpaired) electrons. The van der Waals surface area contributed by atoms with Crippen LogP contribution in [0, 0.1) is 6.92 Å². The maximum Gasteiger partial charge on any atom is 0.0519 e. The van der Waals surface area contributed by atoms with Gasteiger partial charge in [-0.05, 0) is 55.0 Å². The molecule has 0 fully saturated rings. The molecule has 0 aliphatic heterocycles. The Morgan fingerprint density at radius 3 is 2.65 bits per heavy atom. The molecule has 104 valence electrons. The van der Waals surface area contributed by atoms with E-state index in [2.05, 4.69) is 61.6 Å². The fourth-order valence-corrected chi connectivity index (χ4v) is 3.13. The standard InChI is InChI=1S/C19H23N/c1-3-4-15-6-10-17(11-7-15)20-19-12-9-16-8-5-14(2)13-18(16)19/h5-8,10-11,13,19-20H,3-4,9,12H2,1-2H3. The van der Waals surface area contributed by atoms with Crippen LogP contribution in [0.5, 0.6) is 0 Å². The van der Waals surface area contributed by atoms with E-state index in [1.807, 2.05) is 0 Å². The lowest BCUT2D eigenvalue weighted by molar-refractivity contribution is 0.761. The van der Waals surface area contributed by atoms with Crippen LogP contribution >= 0.6 is 0 Å². The van der Waals surface area contributed by atoms with E-state index in [1.165, 1.54) is 53.6 Å². The van der Waals surface area contributed by atoms with Crippen LogP contribution in [0.1, 0.15) is 48.1 Å². The Balaban J connectivity index is 1.75. The molecule has 0 spiro atoms. The third-order valence-corrected chi connectivity index (χ3v) is 4.21. The Morgan fingerprint density at radius 1 is 1.10 bits per heavy atom. The summed E-state index contributed by atoms with van der Waals surface area (Å²) in [7, 11) is 0.